The molecule has 3 N–H and O–H groups in total. The van der Waals surface area contributed by atoms with Gasteiger partial charge < -0.3 is 15.3 Å². The molecule has 0 atom stereocenters. The summed E-state index contributed by atoms with van der Waals surface area (Å²) >= 11 is 0. The summed E-state index contributed by atoms with van der Waals surface area (Å²) in [4.78, 5) is 79.0. The SMILES string of the molecule is O=C(O)c1c(C(=O)c2ccccc2)c(C(=O)O)c(C(=O)c2ccccc2)c(C(=O)O)c1C(=O)c1ccccc1. The van der Waals surface area contributed by atoms with Crippen molar-refractivity contribution < 1.29 is 44.1 Å². The smallest absolute Gasteiger partial charge is 0.337 e. The Morgan fingerprint density at radius 3 is 0.718 bits per heavy atom. The molecular formula is C30H18O9. The molecule has 4 rings (SSSR count). The lowest BCUT2D eigenvalue weighted by molar-refractivity contribution is 0.0677. The van der Waals surface area contributed by atoms with Crippen LogP contribution in [0, 0.1) is 0 Å². The van der Waals surface area contributed by atoms with Crippen LogP contribution < -0.4 is 0 Å². The molecule has 9 nitrogen and oxygen atoms in total. The van der Waals surface area contributed by atoms with Crippen molar-refractivity contribution in [2.24, 2.45) is 0 Å². The van der Waals surface area contributed by atoms with Crippen LogP contribution in [0.1, 0.15) is 78.8 Å². The molecule has 4 aromatic carbocycles. The van der Waals surface area contributed by atoms with Crippen LogP contribution in [0.4, 0.5) is 0 Å². The maximum absolute atomic E-state index is 13.7. The first-order valence-corrected chi connectivity index (χ1v) is 11.4. The molecule has 0 aliphatic carbocycles. The molecular weight excluding hydrogens is 504 g/mol. The average Bonchev–Trinajstić information content (AvgIpc) is 2.95. The third kappa shape index (κ3) is 4.84. The fourth-order valence-electron chi connectivity index (χ4n) is 4.27. The minimum Gasteiger partial charge on any atom is -0.478 e. The van der Waals surface area contributed by atoms with Gasteiger partial charge in [0, 0.05) is 16.7 Å². The summed E-state index contributed by atoms with van der Waals surface area (Å²) in [6.45, 7) is 0. The molecule has 0 unspecified atom stereocenters. The maximum atomic E-state index is 13.7. The van der Waals surface area contributed by atoms with E-state index in [9.17, 15) is 44.1 Å². The number of carboxylic acids is 3. The van der Waals surface area contributed by atoms with Crippen molar-refractivity contribution in [2.75, 3.05) is 0 Å². The third-order valence-electron chi connectivity index (χ3n) is 5.93. The molecule has 0 spiro atoms. The largest absolute Gasteiger partial charge is 0.478 e. The van der Waals surface area contributed by atoms with Gasteiger partial charge in [-0.2, -0.15) is 0 Å². The zero-order chi connectivity index (χ0) is 28.3. The first kappa shape index (κ1) is 26.4. The molecule has 0 amide bonds. The average molecular weight is 522 g/mol. The van der Waals surface area contributed by atoms with Crippen molar-refractivity contribution >= 4 is 35.3 Å². The van der Waals surface area contributed by atoms with Crippen LogP contribution >= 0.6 is 0 Å². The lowest BCUT2D eigenvalue weighted by Crippen LogP contribution is -2.28. The zero-order valence-corrected chi connectivity index (χ0v) is 20.0. The highest BCUT2D eigenvalue weighted by Crippen LogP contribution is 2.34. The quantitative estimate of drug-likeness (QED) is 0.269. The molecule has 0 saturated heterocycles. The number of benzene rings is 4. The topological polar surface area (TPSA) is 163 Å². The number of carboxylic acid groups (broad SMARTS) is 3. The summed E-state index contributed by atoms with van der Waals surface area (Å²) in [5.74, 6) is -9.11. The molecule has 0 bridgehead atoms. The second-order valence-corrected chi connectivity index (χ2v) is 8.25. The predicted molar refractivity (Wildman–Crippen MR) is 137 cm³/mol. The van der Waals surface area contributed by atoms with Gasteiger partial charge in [0.1, 0.15) is 0 Å². The summed E-state index contributed by atoms with van der Waals surface area (Å²) in [7, 11) is 0. The van der Waals surface area contributed by atoms with E-state index in [4.69, 9.17) is 0 Å². The van der Waals surface area contributed by atoms with E-state index >= 15 is 0 Å². The Hall–Kier alpha value is -5.70. The van der Waals surface area contributed by atoms with E-state index in [1.165, 1.54) is 72.8 Å². The third-order valence-corrected chi connectivity index (χ3v) is 5.93. The first-order valence-electron chi connectivity index (χ1n) is 11.4. The van der Waals surface area contributed by atoms with Crippen LogP contribution in [0.3, 0.4) is 0 Å². The van der Waals surface area contributed by atoms with Gasteiger partial charge in [-0.1, -0.05) is 91.0 Å². The number of aromatic carboxylic acids is 3. The minimum atomic E-state index is -1.92. The van der Waals surface area contributed by atoms with Gasteiger partial charge in [0.25, 0.3) is 0 Å². The molecule has 192 valence electrons. The Morgan fingerprint density at radius 2 is 0.538 bits per heavy atom. The summed E-state index contributed by atoms with van der Waals surface area (Å²) in [5.41, 5.74) is -6.74. The van der Waals surface area contributed by atoms with Crippen molar-refractivity contribution in [3.8, 4) is 0 Å². The highest BCUT2D eigenvalue weighted by molar-refractivity contribution is 6.31. The van der Waals surface area contributed by atoms with Crippen molar-refractivity contribution in [3.05, 3.63) is 141 Å². The van der Waals surface area contributed by atoms with Gasteiger partial charge in [0.15, 0.2) is 17.3 Å². The van der Waals surface area contributed by atoms with Gasteiger partial charge in [-0.25, -0.2) is 14.4 Å². The molecule has 0 aliphatic heterocycles. The molecule has 0 saturated carbocycles. The monoisotopic (exact) mass is 522 g/mol. The normalized spacial score (nSPS) is 10.5. The van der Waals surface area contributed by atoms with Crippen molar-refractivity contribution in [1.29, 1.82) is 0 Å². The second-order valence-electron chi connectivity index (χ2n) is 8.25. The van der Waals surface area contributed by atoms with E-state index in [2.05, 4.69) is 0 Å². The van der Waals surface area contributed by atoms with Gasteiger partial charge in [0.05, 0.1) is 33.4 Å². The van der Waals surface area contributed by atoms with E-state index in [-0.39, 0.29) is 16.7 Å². The molecule has 0 heterocycles. The maximum Gasteiger partial charge on any atom is 0.337 e. The second kappa shape index (κ2) is 10.7. The lowest BCUT2D eigenvalue weighted by Gasteiger charge is -2.20. The van der Waals surface area contributed by atoms with E-state index in [1.807, 2.05) is 0 Å². The predicted octanol–water partition coefficient (Wildman–Crippen LogP) is 4.47. The Kier molecular flexibility index (Phi) is 7.26. The molecule has 39 heavy (non-hydrogen) atoms. The van der Waals surface area contributed by atoms with E-state index in [0.29, 0.717) is 0 Å². The molecule has 0 aromatic heterocycles. The van der Waals surface area contributed by atoms with Crippen LogP contribution in [0.2, 0.25) is 0 Å². The van der Waals surface area contributed by atoms with E-state index in [0.717, 1.165) is 0 Å². The van der Waals surface area contributed by atoms with E-state index in [1.54, 1.807) is 18.2 Å². The zero-order valence-electron chi connectivity index (χ0n) is 20.0. The number of carbonyl (C=O) groups is 6. The van der Waals surface area contributed by atoms with Crippen LogP contribution in [-0.4, -0.2) is 50.6 Å². The molecule has 0 aliphatic rings. The Morgan fingerprint density at radius 1 is 0.333 bits per heavy atom. The molecule has 9 heteroatoms. The number of carbonyl (C=O) groups excluding carboxylic acids is 3. The van der Waals surface area contributed by atoms with Gasteiger partial charge in [-0.05, 0) is 0 Å². The Bertz CT molecular complexity index is 1440. The molecule has 0 radical (unpaired) electrons. The van der Waals surface area contributed by atoms with Crippen LogP contribution in [0.25, 0.3) is 0 Å². The van der Waals surface area contributed by atoms with Crippen molar-refractivity contribution in [1.82, 2.24) is 0 Å². The summed E-state index contributed by atoms with van der Waals surface area (Å²) < 4.78 is 0. The number of hydrogen-bond donors (Lipinski definition) is 3. The highest BCUT2D eigenvalue weighted by atomic mass is 16.4. The van der Waals surface area contributed by atoms with Gasteiger partial charge in [-0.15, -0.1) is 0 Å². The lowest BCUT2D eigenvalue weighted by atomic mass is 9.79. The Labute approximate surface area is 220 Å². The van der Waals surface area contributed by atoms with Gasteiger partial charge >= 0.3 is 17.9 Å². The van der Waals surface area contributed by atoms with Gasteiger partial charge in [0.2, 0.25) is 0 Å². The Balaban J connectivity index is 2.28. The summed E-state index contributed by atoms with van der Waals surface area (Å²) in [6, 6.07) is 21.2. The van der Waals surface area contributed by atoms with Crippen LogP contribution in [0.15, 0.2) is 91.0 Å². The number of ketones is 3. The van der Waals surface area contributed by atoms with Gasteiger partial charge in [-0.3, -0.25) is 14.4 Å². The van der Waals surface area contributed by atoms with Crippen molar-refractivity contribution in [3.63, 3.8) is 0 Å². The van der Waals surface area contributed by atoms with Crippen molar-refractivity contribution in [2.45, 2.75) is 0 Å². The van der Waals surface area contributed by atoms with Crippen LogP contribution in [0.5, 0.6) is 0 Å². The standard InChI is InChI=1S/C30H18O9/c31-25(16-10-4-1-5-11-16)19-22(28(34)35)20(26(32)17-12-6-2-7-13-17)24(30(38)39)21(23(19)29(36)37)27(33)18-14-8-3-9-15-18/h1-15H,(H,34,35)(H,36,37)(H,38,39). The van der Waals surface area contributed by atoms with E-state index < -0.39 is 68.6 Å². The fourth-order valence-corrected chi connectivity index (χ4v) is 4.27. The highest BCUT2D eigenvalue weighted by Gasteiger charge is 2.40. The molecule has 0 fully saturated rings. The summed E-state index contributed by atoms with van der Waals surface area (Å²) in [6.07, 6.45) is 0. The minimum absolute atomic E-state index is 0.137. The molecule has 4 aromatic rings. The number of rotatable bonds is 9. The summed E-state index contributed by atoms with van der Waals surface area (Å²) in [5, 5.41) is 30.7. The number of hydrogen-bond acceptors (Lipinski definition) is 6. The first-order chi connectivity index (χ1) is 18.6. The fraction of sp³-hybridized carbons (Fsp3) is 0. The van der Waals surface area contributed by atoms with Crippen LogP contribution in [-0.2, 0) is 0 Å².